The number of nitrogens with one attached hydrogen (secondary N) is 1. The van der Waals surface area contributed by atoms with Crippen LogP contribution in [0.2, 0.25) is 0 Å². The summed E-state index contributed by atoms with van der Waals surface area (Å²) < 4.78 is 43.8. The Hall–Kier alpha value is -4.87. The number of primary amides is 1. The van der Waals surface area contributed by atoms with Crippen molar-refractivity contribution in [1.82, 2.24) is 19.7 Å². The van der Waals surface area contributed by atoms with Gasteiger partial charge in [-0.1, -0.05) is 0 Å². The normalized spacial score (nSPS) is 21.3. The standard InChI is InChI=1S/C36H35F2N5O5/c1-18-25(37)10-9-23(29(18)38)30-31-24(35(2,17-47-31)34(39)46)12-28(42-30)36(16-44,21-5-6-21)15-40-33(45)20-11-27(48-22-7-8-22)32-41-26(19-3-4-19)14-43(32)13-20/h9-14,16,19,21-22H,3-8,15,17H2,1-2H3,(H2,39,46)(H,40,45)/t35-,36+/m0/s1. The van der Waals surface area contributed by atoms with Gasteiger partial charge in [-0.3, -0.25) is 9.59 Å². The summed E-state index contributed by atoms with van der Waals surface area (Å²) in [5, 5.41) is 2.97. The minimum Gasteiger partial charge on any atom is -0.489 e. The fourth-order valence-corrected chi connectivity index (χ4v) is 6.66. The van der Waals surface area contributed by atoms with Gasteiger partial charge in [-0.15, -0.1) is 0 Å². The molecule has 3 saturated carbocycles. The number of nitrogens with two attached hydrogens (primary N) is 1. The second-order valence-corrected chi connectivity index (χ2v) is 13.9. The molecule has 12 heteroatoms. The SMILES string of the molecule is Cc1c(F)ccc(-c2nc([C@@](C=O)(CNC(=O)c3cc(OC4CC4)c4nc(C5CC5)cn4c3)C3CC3)cc3c2OC[C@]3(C)C(N)=O)c1F. The average Bonchev–Trinajstić information content (AvgIpc) is 3.96. The van der Waals surface area contributed by atoms with Crippen LogP contribution in [0.4, 0.5) is 8.78 Å². The van der Waals surface area contributed by atoms with Crippen LogP contribution in [0.25, 0.3) is 16.9 Å². The van der Waals surface area contributed by atoms with E-state index in [1.54, 1.807) is 25.3 Å². The molecule has 4 aliphatic rings. The van der Waals surface area contributed by atoms with Gasteiger partial charge in [0.25, 0.3) is 5.91 Å². The number of pyridine rings is 2. The maximum atomic E-state index is 15.6. The number of aromatic nitrogens is 3. The van der Waals surface area contributed by atoms with Gasteiger partial charge in [-0.2, -0.15) is 0 Å². The molecule has 1 aromatic carbocycles. The molecule has 3 aliphatic carbocycles. The third kappa shape index (κ3) is 4.91. The van der Waals surface area contributed by atoms with Crippen molar-refractivity contribution in [1.29, 1.82) is 0 Å². The van der Waals surface area contributed by atoms with Crippen LogP contribution in [0.1, 0.15) is 84.2 Å². The number of carbonyl (C=O) groups is 3. The smallest absolute Gasteiger partial charge is 0.252 e. The largest absolute Gasteiger partial charge is 0.489 e. The Morgan fingerprint density at radius 3 is 2.58 bits per heavy atom. The first-order valence-corrected chi connectivity index (χ1v) is 16.4. The van der Waals surface area contributed by atoms with Gasteiger partial charge in [0.1, 0.15) is 41.4 Å². The summed E-state index contributed by atoms with van der Waals surface area (Å²) >= 11 is 0. The van der Waals surface area contributed by atoms with Gasteiger partial charge in [0.2, 0.25) is 5.91 Å². The van der Waals surface area contributed by atoms with Crippen molar-refractivity contribution >= 4 is 23.7 Å². The Morgan fingerprint density at radius 2 is 1.92 bits per heavy atom. The molecule has 0 spiro atoms. The van der Waals surface area contributed by atoms with E-state index in [1.165, 1.54) is 13.0 Å². The first-order valence-electron chi connectivity index (χ1n) is 16.4. The van der Waals surface area contributed by atoms with Crippen LogP contribution in [0.5, 0.6) is 11.5 Å². The quantitative estimate of drug-likeness (QED) is 0.221. The Kier molecular flexibility index (Phi) is 6.87. The first kappa shape index (κ1) is 30.5. The highest BCUT2D eigenvalue weighted by Gasteiger charge is 2.51. The monoisotopic (exact) mass is 655 g/mol. The molecule has 3 N–H and O–H groups in total. The number of hydrogen-bond acceptors (Lipinski definition) is 7. The lowest BCUT2D eigenvalue weighted by Crippen LogP contribution is -2.45. The highest BCUT2D eigenvalue weighted by molar-refractivity contribution is 5.95. The van der Waals surface area contributed by atoms with E-state index in [2.05, 4.69) is 5.32 Å². The van der Waals surface area contributed by atoms with Crippen molar-refractivity contribution in [3.8, 4) is 22.8 Å². The number of carbonyl (C=O) groups excluding carboxylic acids is 3. The van der Waals surface area contributed by atoms with E-state index in [0.29, 0.717) is 41.3 Å². The molecule has 0 bridgehead atoms. The number of nitrogens with zero attached hydrogens (tertiary/aromatic N) is 3. The van der Waals surface area contributed by atoms with Crippen molar-refractivity contribution in [3.05, 3.63) is 76.4 Å². The van der Waals surface area contributed by atoms with Crippen LogP contribution in [0.3, 0.4) is 0 Å². The van der Waals surface area contributed by atoms with Gasteiger partial charge in [0, 0.05) is 41.5 Å². The Balaban J connectivity index is 1.19. The predicted octanol–water partition coefficient (Wildman–Crippen LogP) is 4.81. The summed E-state index contributed by atoms with van der Waals surface area (Å²) in [7, 11) is 0. The summed E-state index contributed by atoms with van der Waals surface area (Å²) in [6.07, 6.45) is 9.96. The van der Waals surface area contributed by atoms with Gasteiger partial charge < -0.3 is 29.7 Å². The van der Waals surface area contributed by atoms with Gasteiger partial charge in [-0.05, 0) is 82.6 Å². The topological polar surface area (TPSA) is 138 Å². The number of benzene rings is 1. The third-order valence-corrected chi connectivity index (χ3v) is 10.3. The van der Waals surface area contributed by atoms with E-state index in [4.69, 9.17) is 25.2 Å². The van der Waals surface area contributed by atoms with Crippen LogP contribution in [-0.2, 0) is 20.4 Å². The maximum absolute atomic E-state index is 15.6. The molecule has 2 atom stereocenters. The van der Waals surface area contributed by atoms with E-state index < -0.39 is 34.3 Å². The van der Waals surface area contributed by atoms with E-state index in [1.807, 2.05) is 10.6 Å². The molecule has 2 amide bonds. The molecule has 48 heavy (non-hydrogen) atoms. The molecule has 0 unspecified atom stereocenters. The number of halogens is 2. The second kappa shape index (κ2) is 10.8. The van der Waals surface area contributed by atoms with Crippen LogP contribution in [0, 0.1) is 24.5 Å². The predicted molar refractivity (Wildman–Crippen MR) is 170 cm³/mol. The second-order valence-electron chi connectivity index (χ2n) is 13.9. The zero-order valence-corrected chi connectivity index (χ0v) is 26.6. The Labute approximate surface area is 275 Å². The molecule has 0 saturated heterocycles. The van der Waals surface area contributed by atoms with E-state index in [-0.39, 0.29) is 53.4 Å². The van der Waals surface area contributed by atoms with Crippen molar-refractivity contribution < 1.29 is 32.6 Å². The number of ether oxygens (including phenoxy) is 2. The number of amides is 2. The lowest BCUT2D eigenvalue weighted by atomic mass is 9.76. The van der Waals surface area contributed by atoms with Crippen molar-refractivity contribution in [2.24, 2.45) is 11.7 Å². The van der Waals surface area contributed by atoms with Gasteiger partial charge >= 0.3 is 0 Å². The molecule has 248 valence electrons. The van der Waals surface area contributed by atoms with E-state index >= 15 is 4.39 Å². The summed E-state index contributed by atoms with van der Waals surface area (Å²) in [6, 6.07) is 5.70. The lowest BCUT2D eigenvalue weighted by molar-refractivity contribution is -0.123. The van der Waals surface area contributed by atoms with E-state index in [0.717, 1.165) is 43.7 Å². The summed E-state index contributed by atoms with van der Waals surface area (Å²) in [6.45, 7) is 2.70. The van der Waals surface area contributed by atoms with Crippen molar-refractivity contribution in [2.75, 3.05) is 13.2 Å². The number of fused-ring (bicyclic) bond motifs is 2. The molecule has 10 nitrogen and oxygen atoms in total. The van der Waals surface area contributed by atoms with Gasteiger partial charge in [0.15, 0.2) is 11.4 Å². The van der Waals surface area contributed by atoms with Crippen molar-refractivity contribution in [2.45, 2.75) is 75.2 Å². The average molecular weight is 656 g/mol. The van der Waals surface area contributed by atoms with Gasteiger partial charge in [0.05, 0.1) is 28.5 Å². The fraction of sp³-hybridized carbons (Fsp3) is 0.417. The zero-order chi connectivity index (χ0) is 33.5. The van der Waals surface area contributed by atoms with Crippen LogP contribution in [0.15, 0.2) is 36.7 Å². The number of aldehydes is 1. The number of hydrogen-bond donors (Lipinski definition) is 2. The minimum absolute atomic E-state index is 0.0326. The Morgan fingerprint density at radius 1 is 1.15 bits per heavy atom. The molecule has 1 aliphatic heterocycles. The molecule has 4 aromatic rings. The summed E-state index contributed by atoms with van der Waals surface area (Å²) in [4.78, 5) is 49.4. The zero-order valence-electron chi connectivity index (χ0n) is 26.6. The summed E-state index contributed by atoms with van der Waals surface area (Å²) in [5.41, 5.74) is 5.58. The molecule has 3 fully saturated rings. The lowest BCUT2D eigenvalue weighted by Gasteiger charge is -2.30. The molecular formula is C36H35F2N5O5. The fourth-order valence-electron chi connectivity index (χ4n) is 6.66. The molecule has 3 aromatic heterocycles. The molecule has 8 rings (SSSR count). The highest BCUT2D eigenvalue weighted by Crippen LogP contribution is 2.51. The first-order chi connectivity index (χ1) is 23.0. The Bertz CT molecular complexity index is 2030. The number of rotatable bonds is 11. The van der Waals surface area contributed by atoms with Crippen LogP contribution < -0.4 is 20.5 Å². The molecule has 0 radical (unpaired) electrons. The molecular weight excluding hydrogens is 620 g/mol. The third-order valence-electron chi connectivity index (χ3n) is 10.3. The highest BCUT2D eigenvalue weighted by atomic mass is 19.1. The maximum Gasteiger partial charge on any atom is 0.252 e. The van der Waals surface area contributed by atoms with E-state index in [9.17, 15) is 18.8 Å². The van der Waals surface area contributed by atoms with Crippen LogP contribution >= 0.6 is 0 Å². The minimum atomic E-state index is -1.32. The van der Waals surface area contributed by atoms with Gasteiger partial charge in [-0.25, -0.2) is 18.7 Å². The molecule has 4 heterocycles. The van der Waals surface area contributed by atoms with Crippen molar-refractivity contribution in [3.63, 3.8) is 0 Å². The van der Waals surface area contributed by atoms with Crippen LogP contribution in [-0.4, -0.2) is 51.7 Å². The summed E-state index contributed by atoms with van der Waals surface area (Å²) in [5.74, 6) is -1.72. The number of imidazole rings is 1.